The summed E-state index contributed by atoms with van der Waals surface area (Å²) in [5.41, 5.74) is 6.32. The Morgan fingerprint density at radius 2 is 2.21 bits per heavy atom. The van der Waals surface area contributed by atoms with Crippen LogP contribution in [0.4, 0.5) is 5.82 Å². The Hall–Kier alpha value is -2.38. The van der Waals surface area contributed by atoms with Gasteiger partial charge in [0.05, 0.1) is 18.2 Å². The van der Waals surface area contributed by atoms with Crippen LogP contribution >= 0.6 is 0 Å². The molecule has 19 heavy (non-hydrogen) atoms. The molecule has 0 radical (unpaired) electrons. The van der Waals surface area contributed by atoms with Crippen LogP contribution in [0.2, 0.25) is 0 Å². The number of carbonyl (C=O) groups is 2. The van der Waals surface area contributed by atoms with Gasteiger partial charge in [-0.2, -0.15) is 0 Å². The Morgan fingerprint density at radius 3 is 2.79 bits per heavy atom. The van der Waals surface area contributed by atoms with Crippen molar-refractivity contribution in [2.24, 2.45) is 5.73 Å². The number of carbonyl (C=O) groups excluding carboxylic acids is 2. The molecule has 0 bridgehead atoms. The third-order valence-electron chi connectivity index (χ3n) is 2.92. The Morgan fingerprint density at radius 1 is 1.53 bits per heavy atom. The van der Waals surface area contributed by atoms with Gasteiger partial charge in [0.2, 0.25) is 0 Å². The smallest absolute Gasteiger partial charge is 0.337 e. The van der Waals surface area contributed by atoms with Crippen molar-refractivity contribution in [1.29, 1.82) is 0 Å². The Balaban J connectivity index is 2.43. The molecule has 2 heterocycles. The van der Waals surface area contributed by atoms with Gasteiger partial charge in [-0.3, -0.25) is 4.79 Å². The highest BCUT2D eigenvalue weighted by Gasteiger charge is 2.32. The topological polar surface area (TPSA) is 112 Å². The molecule has 0 aliphatic carbocycles. The maximum atomic E-state index is 11.9. The third-order valence-corrected chi connectivity index (χ3v) is 2.92. The van der Waals surface area contributed by atoms with E-state index in [4.69, 9.17) is 10.5 Å². The van der Waals surface area contributed by atoms with E-state index in [9.17, 15) is 9.59 Å². The zero-order valence-corrected chi connectivity index (χ0v) is 10.9. The van der Waals surface area contributed by atoms with E-state index in [1.165, 1.54) is 4.68 Å². The quantitative estimate of drug-likeness (QED) is 0.755. The molecule has 1 amide bonds. The number of nitrogens with zero attached hydrogens (tertiary/aromatic N) is 3. The van der Waals surface area contributed by atoms with Crippen molar-refractivity contribution in [3.8, 4) is 0 Å². The molecule has 8 heteroatoms. The van der Waals surface area contributed by atoms with Crippen LogP contribution in [0.15, 0.2) is 11.3 Å². The number of nitrogens with two attached hydrogens (primary N) is 1. The van der Waals surface area contributed by atoms with E-state index in [0.29, 0.717) is 23.7 Å². The highest BCUT2D eigenvalue weighted by atomic mass is 16.5. The average molecular weight is 265 g/mol. The van der Waals surface area contributed by atoms with Crippen molar-refractivity contribution in [2.75, 3.05) is 11.9 Å². The number of ether oxygens (including phenoxy) is 1. The van der Waals surface area contributed by atoms with Crippen molar-refractivity contribution >= 4 is 17.7 Å². The lowest BCUT2D eigenvalue weighted by Gasteiger charge is -2.25. The predicted octanol–water partition coefficient (Wildman–Crippen LogP) is 0.201. The first kappa shape index (κ1) is 13.1. The number of aromatic nitrogens is 3. The number of primary amides is 1. The standard InChI is InChI=1S/C11H15N5O3/c1-4-19-11(18)7-5(2)13-10-8(9(12)17)14-15-16(10)6(7)3/h6,13H,4H2,1-3H3,(H2,12,17). The molecule has 1 atom stereocenters. The molecule has 8 nitrogen and oxygen atoms in total. The molecule has 2 rings (SSSR count). The molecule has 0 aromatic carbocycles. The minimum Gasteiger partial charge on any atom is -0.463 e. The summed E-state index contributed by atoms with van der Waals surface area (Å²) in [7, 11) is 0. The van der Waals surface area contributed by atoms with Gasteiger partial charge in [0.25, 0.3) is 5.91 Å². The first-order valence-electron chi connectivity index (χ1n) is 5.87. The second kappa shape index (κ2) is 4.71. The van der Waals surface area contributed by atoms with E-state index in [0.717, 1.165) is 0 Å². The molecule has 1 unspecified atom stereocenters. The Kier molecular flexibility index (Phi) is 3.24. The summed E-state index contributed by atoms with van der Waals surface area (Å²) < 4.78 is 6.45. The van der Waals surface area contributed by atoms with Crippen LogP contribution < -0.4 is 11.1 Å². The van der Waals surface area contributed by atoms with Gasteiger partial charge in [0.1, 0.15) is 0 Å². The van der Waals surface area contributed by atoms with Crippen molar-refractivity contribution < 1.29 is 14.3 Å². The van der Waals surface area contributed by atoms with Crippen LogP contribution in [0.5, 0.6) is 0 Å². The predicted molar refractivity (Wildman–Crippen MR) is 66.2 cm³/mol. The van der Waals surface area contributed by atoms with Crippen LogP contribution in [0, 0.1) is 0 Å². The molecule has 1 aliphatic heterocycles. The summed E-state index contributed by atoms with van der Waals surface area (Å²) in [5.74, 6) is -0.694. The molecule has 0 saturated heterocycles. The van der Waals surface area contributed by atoms with Crippen LogP contribution in [0.3, 0.4) is 0 Å². The molecule has 102 valence electrons. The maximum Gasteiger partial charge on any atom is 0.337 e. The number of amides is 1. The number of nitrogens with one attached hydrogen (secondary N) is 1. The van der Waals surface area contributed by atoms with Gasteiger partial charge < -0.3 is 15.8 Å². The molecule has 3 N–H and O–H groups in total. The molecular formula is C11H15N5O3. The molecular weight excluding hydrogens is 250 g/mol. The number of fused-ring (bicyclic) bond motifs is 1. The molecule has 0 spiro atoms. The summed E-state index contributed by atoms with van der Waals surface area (Å²) >= 11 is 0. The van der Waals surface area contributed by atoms with E-state index in [2.05, 4.69) is 15.6 Å². The number of anilines is 1. The lowest BCUT2D eigenvalue weighted by Crippen LogP contribution is -2.28. The largest absolute Gasteiger partial charge is 0.463 e. The highest BCUT2D eigenvalue weighted by Crippen LogP contribution is 2.31. The average Bonchev–Trinajstić information content (AvgIpc) is 2.73. The SMILES string of the molecule is CCOC(=O)C1=C(C)Nc2c(C(N)=O)nnn2C1C. The number of rotatable bonds is 3. The van der Waals surface area contributed by atoms with Crippen molar-refractivity contribution in [1.82, 2.24) is 15.0 Å². The van der Waals surface area contributed by atoms with Gasteiger partial charge in [-0.25, -0.2) is 9.48 Å². The third kappa shape index (κ3) is 2.05. The summed E-state index contributed by atoms with van der Waals surface area (Å²) in [6.07, 6.45) is 0. The second-order valence-electron chi connectivity index (χ2n) is 4.16. The lowest BCUT2D eigenvalue weighted by atomic mass is 10.0. The van der Waals surface area contributed by atoms with E-state index in [1.807, 2.05) is 0 Å². The van der Waals surface area contributed by atoms with E-state index in [-0.39, 0.29) is 11.7 Å². The normalized spacial score (nSPS) is 17.7. The van der Waals surface area contributed by atoms with Crippen molar-refractivity contribution in [3.63, 3.8) is 0 Å². The van der Waals surface area contributed by atoms with Crippen molar-refractivity contribution in [2.45, 2.75) is 26.8 Å². The van der Waals surface area contributed by atoms with E-state index in [1.54, 1.807) is 20.8 Å². The van der Waals surface area contributed by atoms with Gasteiger partial charge in [-0.05, 0) is 20.8 Å². The molecule has 1 aliphatic rings. The lowest BCUT2D eigenvalue weighted by molar-refractivity contribution is -0.139. The zero-order valence-electron chi connectivity index (χ0n) is 10.9. The van der Waals surface area contributed by atoms with Gasteiger partial charge in [-0.1, -0.05) is 5.21 Å². The highest BCUT2D eigenvalue weighted by molar-refractivity contribution is 5.97. The minimum absolute atomic E-state index is 0.0501. The second-order valence-corrected chi connectivity index (χ2v) is 4.16. The number of allylic oxidation sites excluding steroid dienone is 1. The number of esters is 1. The summed E-state index contributed by atoms with van der Waals surface area (Å²) in [6, 6.07) is -0.379. The van der Waals surface area contributed by atoms with Crippen LogP contribution in [0.1, 0.15) is 37.3 Å². The fourth-order valence-electron chi connectivity index (χ4n) is 2.06. The fraction of sp³-hybridized carbons (Fsp3) is 0.455. The summed E-state index contributed by atoms with van der Waals surface area (Å²) in [6.45, 7) is 5.53. The zero-order chi connectivity index (χ0) is 14.2. The molecule has 1 aromatic heterocycles. The molecule has 1 aromatic rings. The fourth-order valence-corrected chi connectivity index (χ4v) is 2.06. The van der Waals surface area contributed by atoms with E-state index < -0.39 is 11.9 Å². The number of hydrogen-bond acceptors (Lipinski definition) is 6. The first-order chi connectivity index (χ1) is 8.97. The maximum absolute atomic E-state index is 11.9. The van der Waals surface area contributed by atoms with Gasteiger partial charge in [0, 0.05) is 5.70 Å². The summed E-state index contributed by atoms with van der Waals surface area (Å²) in [4.78, 5) is 23.1. The summed E-state index contributed by atoms with van der Waals surface area (Å²) in [5, 5.41) is 10.5. The van der Waals surface area contributed by atoms with Crippen LogP contribution in [0.25, 0.3) is 0 Å². The molecule has 0 fully saturated rings. The first-order valence-corrected chi connectivity index (χ1v) is 5.87. The van der Waals surface area contributed by atoms with Gasteiger partial charge in [-0.15, -0.1) is 5.10 Å². The van der Waals surface area contributed by atoms with E-state index >= 15 is 0 Å². The monoisotopic (exact) mass is 265 g/mol. The molecule has 0 saturated carbocycles. The Bertz CT molecular complexity index is 575. The number of hydrogen-bond donors (Lipinski definition) is 2. The Labute approximate surface area is 109 Å². The van der Waals surface area contributed by atoms with Crippen molar-refractivity contribution in [3.05, 3.63) is 17.0 Å². The van der Waals surface area contributed by atoms with Gasteiger partial charge >= 0.3 is 5.97 Å². The van der Waals surface area contributed by atoms with Crippen LogP contribution in [-0.2, 0) is 9.53 Å². The van der Waals surface area contributed by atoms with Crippen LogP contribution in [-0.4, -0.2) is 33.5 Å². The minimum atomic E-state index is -0.673. The van der Waals surface area contributed by atoms with Gasteiger partial charge in [0.15, 0.2) is 11.5 Å².